The summed E-state index contributed by atoms with van der Waals surface area (Å²) < 4.78 is 6.00. The molecule has 0 radical (unpaired) electrons. The Morgan fingerprint density at radius 1 is 1.29 bits per heavy atom. The van der Waals surface area contributed by atoms with Crippen LogP contribution in [0.3, 0.4) is 0 Å². The summed E-state index contributed by atoms with van der Waals surface area (Å²) >= 11 is 4.54. The molecule has 1 aliphatic heterocycles. The van der Waals surface area contributed by atoms with Crippen LogP contribution < -0.4 is 5.32 Å². The molecule has 1 aromatic heterocycles. The predicted molar refractivity (Wildman–Crippen MR) is 88.4 cm³/mol. The average Bonchev–Trinajstić information content (AvgIpc) is 3.00. The summed E-state index contributed by atoms with van der Waals surface area (Å²) in [4.78, 5) is 17.0. The van der Waals surface area contributed by atoms with E-state index in [1.165, 1.54) is 11.8 Å². The van der Waals surface area contributed by atoms with E-state index in [1.807, 2.05) is 31.2 Å². The Balaban J connectivity index is 1.85. The van der Waals surface area contributed by atoms with Crippen LogP contribution in [0.25, 0.3) is 6.08 Å². The van der Waals surface area contributed by atoms with Crippen LogP contribution in [0.2, 0.25) is 0 Å². The molecule has 1 N–H and O–H groups in total. The van der Waals surface area contributed by atoms with Crippen molar-refractivity contribution >= 4 is 50.5 Å². The fourth-order valence-corrected chi connectivity index (χ4v) is 2.95. The van der Waals surface area contributed by atoms with E-state index < -0.39 is 0 Å². The number of benzene rings is 1. The van der Waals surface area contributed by atoms with Crippen molar-refractivity contribution in [2.45, 2.75) is 6.92 Å². The summed E-state index contributed by atoms with van der Waals surface area (Å²) in [7, 11) is 0. The second kappa shape index (κ2) is 5.91. The molecule has 1 amide bonds. The zero-order valence-electron chi connectivity index (χ0n) is 11.1. The number of amides is 1. The lowest BCUT2D eigenvalue weighted by Gasteiger charge is -1.99. The molecule has 106 valence electrons. The molecule has 21 heavy (non-hydrogen) atoms. The first-order valence-corrected chi connectivity index (χ1v) is 7.83. The van der Waals surface area contributed by atoms with Gasteiger partial charge in [0.2, 0.25) is 0 Å². The van der Waals surface area contributed by atoms with Crippen molar-refractivity contribution in [2.75, 3.05) is 0 Å². The monoisotopic (exact) mass is 362 g/mol. The number of furan rings is 1. The van der Waals surface area contributed by atoms with Crippen molar-refractivity contribution in [1.29, 1.82) is 0 Å². The molecule has 1 fully saturated rings. The summed E-state index contributed by atoms with van der Waals surface area (Å²) in [6, 6.07) is 11.4. The lowest BCUT2D eigenvalue weighted by Crippen LogP contribution is -2.19. The number of carbonyl (C=O) groups excluding carboxylic acids is 1. The van der Waals surface area contributed by atoms with Gasteiger partial charge in [-0.05, 0) is 58.4 Å². The molecule has 2 heterocycles. The zero-order valence-corrected chi connectivity index (χ0v) is 13.5. The van der Waals surface area contributed by atoms with E-state index in [0.717, 1.165) is 11.3 Å². The van der Waals surface area contributed by atoms with Crippen LogP contribution in [0.1, 0.15) is 11.3 Å². The standard InChI is InChI=1S/C15H11BrN2O2S/c1-9-4-2-3-5-11(9)17-15-18-14(19)12(21-15)8-10-6-7-13(16)20-10/h2-8H,1H3,(H,17,18,19). The maximum atomic E-state index is 11.9. The van der Waals surface area contributed by atoms with Gasteiger partial charge in [0.15, 0.2) is 9.84 Å². The van der Waals surface area contributed by atoms with E-state index in [2.05, 4.69) is 26.2 Å². The molecule has 1 saturated heterocycles. The van der Waals surface area contributed by atoms with Gasteiger partial charge in [-0.25, -0.2) is 4.99 Å². The van der Waals surface area contributed by atoms with Crippen molar-refractivity contribution in [3.8, 4) is 0 Å². The molecule has 0 unspecified atom stereocenters. The van der Waals surface area contributed by atoms with Gasteiger partial charge in [0.25, 0.3) is 5.91 Å². The molecular formula is C15H11BrN2O2S. The van der Waals surface area contributed by atoms with Gasteiger partial charge >= 0.3 is 0 Å². The molecule has 4 nitrogen and oxygen atoms in total. The molecule has 6 heteroatoms. The molecule has 0 aliphatic carbocycles. The number of thioether (sulfide) groups is 1. The second-order valence-corrected chi connectivity index (χ2v) is 6.22. The summed E-state index contributed by atoms with van der Waals surface area (Å²) in [6.45, 7) is 1.98. The third-order valence-electron chi connectivity index (χ3n) is 2.86. The number of para-hydroxylation sites is 1. The van der Waals surface area contributed by atoms with Crippen LogP contribution in [0.5, 0.6) is 0 Å². The van der Waals surface area contributed by atoms with Gasteiger partial charge in [-0.1, -0.05) is 18.2 Å². The maximum absolute atomic E-state index is 11.9. The Labute approximate surface area is 134 Å². The summed E-state index contributed by atoms with van der Waals surface area (Å²) in [5.41, 5.74) is 1.91. The number of hydrogen-bond acceptors (Lipinski definition) is 4. The minimum atomic E-state index is -0.167. The third kappa shape index (κ3) is 3.28. The molecule has 2 aromatic rings. The Morgan fingerprint density at radius 3 is 2.81 bits per heavy atom. The number of aryl methyl sites for hydroxylation is 1. The molecule has 1 aliphatic rings. The fraction of sp³-hybridized carbons (Fsp3) is 0.0667. The highest BCUT2D eigenvalue weighted by Crippen LogP contribution is 2.29. The van der Waals surface area contributed by atoms with E-state index in [4.69, 9.17) is 4.42 Å². The van der Waals surface area contributed by atoms with Gasteiger partial charge in [0.1, 0.15) is 5.76 Å². The lowest BCUT2D eigenvalue weighted by molar-refractivity contribution is -0.115. The predicted octanol–water partition coefficient (Wildman–Crippen LogP) is 4.24. The number of halogens is 1. The van der Waals surface area contributed by atoms with Crippen molar-refractivity contribution in [3.05, 3.63) is 57.3 Å². The molecule has 3 rings (SSSR count). The number of amidine groups is 1. The van der Waals surface area contributed by atoms with Crippen LogP contribution in [0, 0.1) is 6.92 Å². The SMILES string of the molecule is Cc1ccccc1N=C1NC(=O)C(=Cc2ccc(Br)o2)S1. The molecule has 0 atom stereocenters. The average molecular weight is 363 g/mol. The van der Waals surface area contributed by atoms with Gasteiger partial charge in [-0.15, -0.1) is 0 Å². The van der Waals surface area contributed by atoms with E-state index in [-0.39, 0.29) is 5.91 Å². The summed E-state index contributed by atoms with van der Waals surface area (Å²) in [5.74, 6) is 0.455. The minimum Gasteiger partial charge on any atom is -0.450 e. The Morgan fingerprint density at radius 2 is 2.10 bits per heavy atom. The van der Waals surface area contributed by atoms with Crippen molar-refractivity contribution < 1.29 is 9.21 Å². The highest BCUT2D eigenvalue weighted by molar-refractivity contribution is 9.10. The van der Waals surface area contributed by atoms with Crippen molar-refractivity contribution in [3.63, 3.8) is 0 Å². The minimum absolute atomic E-state index is 0.167. The molecule has 1 aromatic carbocycles. The normalized spacial score (nSPS) is 18.5. The number of hydrogen-bond donors (Lipinski definition) is 1. The Kier molecular flexibility index (Phi) is 3.98. The van der Waals surface area contributed by atoms with Gasteiger partial charge < -0.3 is 9.73 Å². The third-order valence-corrected chi connectivity index (χ3v) is 4.19. The Hall–Kier alpha value is -1.79. The van der Waals surface area contributed by atoms with E-state index >= 15 is 0 Å². The largest absolute Gasteiger partial charge is 0.450 e. The maximum Gasteiger partial charge on any atom is 0.264 e. The highest BCUT2D eigenvalue weighted by Gasteiger charge is 2.24. The van der Waals surface area contributed by atoms with Gasteiger partial charge in [-0.3, -0.25) is 4.79 Å². The van der Waals surface area contributed by atoms with Crippen LogP contribution >= 0.6 is 27.7 Å². The highest BCUT2D eigenvalue weighted by atomic mass is 79.9. The van der Waals surface area contributed by atoms with E-state index in [0.29, 0.717) is 20.5 Å². The molecule has 0 bridgehead atoms. The number of aliphatic imine (C=N–C) groups is 1. The van der Waals surface area contributed by atoms with Gasteiger partial charge in [0.05, 0.1) is 10.6 Å². The van der Waals surface area contributed by atoms with Crippen molar-refractivity contribution in [1.82, 2.24) is 5.32 Å². The number of carbonyl (C=O) groups is 1. The fourth-order valence-electron chi connectivity index (χ4n) is 1.81. The van der Waals surface area contributed by atoms with Crippen LogP contribution in [-0.2, 0) is 4.79 Å². The second-order valence-electron chi connectivity index (χ2n) is 4.41. The van der Waals surface area contributed by atoms with E-state index in [9.17, 15) is 4.79 Å². The lowest BCUT2D eigenvalue weighted by atomic mass is 10.2. The number of nitrogens with one attached hydrogen (secondary N) is 1. The van der Waals surface area contributed by atoms with Crippen LogP contribution in [-0.4, -0.2) is 11.1 Å². The number of nitrogens with zero attached hydrogens (tertiary/aromatic N) is 1. The smallest absolute Gasteiger partial charge is 0.264 e. The zero-order chi connectivity index (χ0) is 14.8. The Bertz CT molecular complexity index is 765. The first-order valence-electron chi connectivity index (χ1n) is 6.22. The van der Waals surface area contributed by atoms with Crippen LogP contribution in [0.15, 0.2) is 55.4 Å². The summed E-state index contributed by atoms with van der Waals surface area (Å²) in [5, 5.41) is 3.33. The topological polar surface area (TPSA) is 54.6 Å². The molecule has 0 saturated carbocycles. The van der Waals surface area contributed by atoms with Crippen LogP contribution in [0.4, 0.5) is 5.69 Å². The summed E-state index contributed by atoms with van der Waals surface area (Å²) in [6.07, 6.45) is 1.70. The molecule has 0 spiro atoms. The molecular weight excluding hydrogens is 352 g/mol. The first kappa shape index (κ1) is 14.2. The first-order chi connectivity index (χ1) is 10.1. The van der Waals surface area contributed by atoms with Gasteiger partial charge in [0, 0.05) is 6.08 Å². The van der Waals surface area contributed by atoms with Crippen molar-refractivity contribution in [2.24, 2.45) is 4.99 Å². The van der Waals surface area contributed by atoms with Gasteiger partial charge in [-0.2, -0.15) is 0 Å². The number of rotatable bonds is 2. The quantitative estimate of drug-likeness (QED) is 0.812. The van der Waals surface area contributed by atoms with E-state index in [1.54, 1.807) is 18.2 Å².